The van der Waals surface area contributed by atoms with Gasteiger partial charge in [-0.1, -0.05) is 0 Å². The number of carbonyl (C=O) groups excluding carboxylic acids is 1. The Morgan fingerprint density at radius 2 is 2.24 bits per heavy atom. The van der Waals surface area contributed by atoms with E-state index in [1.54, 1.807) is 11.3 Å². The molecule has 5 nitrogen and oxygen atoms in total. The third-order valence-corrected chi connectivity index (χ3v) is 6.26. The lowest BCUT2D eigenvalue weighted by molar-refractivity contribution is 0.0773. The molecule has 4 rings (SSSR count). The van der Waals surface area contributed by atoms with Gasteiger partial charge in [-0.15, -0.1) is 11.3 Å². The Morgan fingerprint density at radius 1 is 1.40 bits per heavy atom. The first-order valence-electron chi connectivity index (χ1n) is 9.15. The Kier molecular flexibility index (Phi) is 4.65. The molecule has 0 N–H and O–H groups in total. The molecule has 1 saturated heterocycles. The summed E-state index contributed by atoms with van der Waals surface area (Å²) in [6.45, 7) is 5.81. The van der Waals surface area contributed by atoms with Crippen molar-refractivity contribution in [1.82, 2.24) is 19.4 Å². The summed E-state index contributed by atoms with van der Waals surface area (Å²) in [5.41, 5.74) is 3.93. The Hall–Kier alpha value is -1.66. The SMILES string of the molecule is Cc1ncsc1CN(C)CC1CCN(C(=O)c2cccn2C2CC2)C1. The van der Waals surface area contributed by atoms with Crippen LogP contribution in [0.3, 0.4) is 0 Å². The molecule has 1 aliphatic heterocycles. The fourth-order valence-corrected chi connectivity index (χ4v) is 4.66. The summed E-state index contributed by atoms with van der Waals surface area (Å²) in [5, 5.41) is 0. The first-order valence-corrected chi connectivity index (χ1v) is 10.0. The summed E-state index contributed by atoms with van der Waals surface area (Å²) >= 11 is 1.73. The van der Waals surface area contributed by atoms with Crippen molar-refractivity contribution in [3.8, 4) is 0 Å². The minimum atomic E-state index is 0.209. The van der Waals surface area contributed by atoms with E-state index >= 15 is 0 Å². The number of rotatable bonds is 6. The van der Waals surface area contributed by atoms with Crippen molar-refractivity contribution in [1.29, 1.82) is 0 Å². The first-order chi connectivity index (χ1) is 12.1. The third-order valence-electron chi connectivity index (χ3n) is 5.34. The van der Waals surface area contributed by atoms with Crippen LogP contribution in [0.15, 0.2) is 23.8 Å². The number of thiazole rings is 1. The number of hydrogen-bond donors (Lipinski definition) is 0. The van der Waals surface area contributed by atoms with Gasteiger partial charge in [0, 0.05) is 43.3 Å². The van der Waals surface area contributed by atoms with Crippen molar-refractivity contribution >= 4 is 17.2 Å². The standard InChI is InChI=1S/C19H26N4OS/c1-14-18(25-13-20-14)12-21(2)10-15-7-9-22(11-15)19(24)17-4-3-8-23(17)16-5-6-16/h3-4,8,13,15-16H,5-7,9-12H2,1-2H3. The van der Waals surface area contributed by atoms with E-state index in [4.69, 9.17) is 0 Å². The van der Waals surface area contributed by atoms with E-state index in [9.17, 15) is 4.79 Å². The molecule has 2 aliphatic rings. The molecule has 134 valence electrons. The second-order valence-electron chi connectivity index (χ2n) is 7.50. The van der Waals surface area contributed by atoms with Crippen LogP contribution in [0, 0.1) is 12.8 Å². The van der Waals surface area contributed by atoms with Gasteiger partial charge in [-0.3, -0.25) is 4.79 Å². The molecule has 1 unspecified atom stereocenters. The van der Waals surface area contributed by atoms with E-state index in [1.165, 1.54) is 17.7 Å². The maximum atomic E-state index is 12.9. The Bertz CT molecular complexity index is 748. The zero-order valence-electron chi connectivity index (χ0n) is 15.0. The maximum Gasteiger partial charge on any atom is 0.270 e. The third kappa shape index (κ3) is 3.65. The number of nitrogens with zero attached hydrogens (tertiary/aromatic N) is 4. The second-order valence-corrected chi connectivity index (χ2v) is 8.43. The average Bonchev–Trinajstić information content (AvgIpc) is 2.98. The van der Waals surface area contributed by atoms with Gasteiger partial charge in [-0.2, -0.15) is 0 Å². The summed E-state index contributed by atoms with van der Waals surface area (Å²) in [5.74, 6) is 0.770. The monoisotopic (exact) mass is 358 g/mol. The van der Waals surface area contributed by atoms with Gasteiger partial charge in [-0.25, -0.2) is 4.98 Å². The van der Waals surface area contributed by atoms with Crippen LogP contribution in [0.2, 0.25) is 0 Å². The molecule has 3 heterocycles. The van der Waals surface area contributed by atoms with Crippen LogP contribution in [0.5, 0.6) is 0 Å². The smallest absolute Gasteiger partial charge is 0.270 e. The Balaban J connectivity index is 1.32. The highest BCUT2D eigenvalue weighted by Gasteiger charge is 2.32. The number of likely N-dealkylation sites (tertiary alicyclic amines) is 1. The average molecular weight is 359 g/mol. The molecule has 0 bridgehead atoms. The Labute approximate surface area is 153 Å². The Morgan fingerprint density at radius 3 is 2.96 bits per heavy atom. The van der Waals surface area contributed by atoms with Gasteiger partial charge in [0.2, 0.25) is 0 Å². The number of hydrogen-bond acceptors (Lipinski definition) is 4. The summed E-state index contributed by atoms with van der Waals surface area (Å²) in [7, 11) is 2.17. The van der Waals surface area contributed by atoms with E-state index in [0.717, 1.165) is 44.0 Å². The van der Waals surface area contributed by atoms with Crippen LogP contribution in [0.25, 0.3) is 0 Å². The number of aromatic nitrogens is 2. The van der Waals surface area contributed by atoms with Crippen LogP contribution in [0.4, 0.5) is 0 Å². The summed E-state index contributed by atoms with van der Waals surface area (Å²) in [6, 6.07) is 4.54. The zero-order valence-corrected chi connectivity index (χ0v) is 15.8. The van der Waals surface area contributed by atoms with Crippen molar-refractivity contribution in [3.05, 3.63) is 40.1 Å². The summed E-state index contributed by atoms with van der Waals surface area (Å²) < 4.78 is 2.17. The molecule has 25 heavy (non-hydrogen) atoms. The van der Waals surface area contributed by atoms with Crippen LogP contribution < -0.4 is 0 Å². The fourth-order valence-electron chi connectivity index (χ4n) is 3.80. The van der Waals surface area contributed by atoms with Crippen LogP contribution in [-0.2, 0) is 6.54 Å². The van der Waals surface area contributed by atoms with Crippen molar-refractivity contribution in [2.75, 3.05) is 26.7 Å². The second kappa shape index (κ2) is 6.92. The van der Waals surface area contributed by atoms with Crippen LogP contribution in [0.1, 0.15) is 46.4 Å². The van der Waals surface area contributed by atoms with Gasteiger partial charge in [0.1, 0.15) is 5.69 Å². The maximum absolute atomic E-state index is 12.9. The quantitative estimate of drug-likeness (QED) is 0.796. The lowest BCUT2D eigenvalue weighted by Crippen LogP contribution is -2.32. The number of aryl methyl sites for hydroxylation is 1. The lowest BCUT2D eigenvalue weighted by atomic mass is 10.1. The molecule has 0 radical (unpaired) electrons. The normalized spacial score (nSPS) is 20.6. The topological polar surface area (TPSA) is 41.4 Å². The fraction of sp³-hybridized carbons (Fsp3) is 0.579. The van der Waals surface area contributed by atoms with Crippen molar-refractivity contribution in [2.24, 2.45) is 5.92 Å². The number of amides is 1. The van der Waals surface area contributed by atoms with Gasteiger partial charge >= 0.3 is 0 Å². The molecule has 2 aromatic heterocycles. The minimum absolute atomic E-state index is 0.209. The molecule has 2 fully saturated rings. The van der Waals surface area contributed by atoms with E-state index in [1.807, 2.05) is 22.5 Å². The molecule has 1 saturated carbocycles. The van der Waals surface area contributed by atoms with Crippen molar-refractivity contribution < 1.29 is 4.79 Å². The van der Waals surface area contributed by atoms with E-state index in [-0.39, 0.29) is 5.91 Å². The zero-order chi connectivity index (χ0) is 17.4. The lowest BCUT2D eigenvalue weighted by Gasteiger charge is -2.21. The van der Waals surface area contributed by atoms with E-state index in [0.29, 0.717) is 12.0 Å². The molecule has 0 aromatic carbocycles. The van der Waals surface area contributed by atoms with Gasteiger partial charge in [0.05, 0.1) is 11.2 Å². The van der Waals surface area contributed by atoms with Crippen molar-refractivity contribution in [3.63, 3.8) is 0 Å². The highest BCUT2D eigenvalue weighted by Crippen LogP contribution is 2.36. The van der Waals surface area contributed by atoms with E-state index < -0.39 is 0 Å². The predicted molar refractivity (Wildman–Crippen MR) is 99.9 cm³/mol. The summed E-state index contributed by atoms with van der Waals surface area (Å²) in [6.07, 6.45) is 5.57. The largest absolute Gasteiger partial charge is 0.340 e. The molecular formula is C19H26N4OS. The van der Waals surface area contributed by atoms with Crippen LogP contribution in [-0.4, -0.2) is 51.9 Å². The van der Waals surface area contributed by atoms with Crippen molar-refractivity contribution in [2.45, 2.75) is 38.8 Å². The highest BCUT2D eigenvalue weighted by molar-refractivity contribution is 7.09. The van der Waals surface area contributed by atoms with Gasteiger partial charge in [-0.05, 0) is 51.3 Å². The molecule has 1 aliphatic carbocycles. The minimum Gasteiger partial charge on any atom is -0.340 e. The molecule has 0 spiro atoms. The highest BCUT2D eigenvalue weighted by atomic mass is 32.1. The number of carbonyl (C=O) groups is 1. The molecule has 1 atom stereocenters. The molecule has 6 heteroatoms. The molecule has 2 aromatic rings. The van der Waals surface area contributed by atoms with E-state index in [2.05, 4.69) is 34.6 Å². The van der Waals surface area contributed by atoms with Gasteiger partial charge in [0.15, 0.2) is 0 Å². The molecule has 1 amide bonds. The van der Waals surface area contributed by atoms with Gasteiger partial charge in [0.25, 0.3) is 5.91 Å². The molecular weight excluding hydrogens is 332 g/mol. The van der Waals surface area contributed by atoms with Crippen LogP contribution >= 0.6 is 11.3 Å². The first kappa shape index (κ1) is 16.8. The predicted octanol–water partition coefficient (Wildman–Crippen LogP) is 3.18. The summed E-state index contributed by atoms with van der Waals surface area (Å²) in [4.78, 5) is 23.0. The van der Waals surface area contributed by atoms with Gasteiger partial charge < -0.3 is 14.4 Å².